The van der Waals surface area contributed by atoms with E-state index in [1.807, 2.05) is 16.1 Å². The van der Waals surface area contributed by atoms with Crippen LogP contribution >= 0.6 is 11.3 Å². The predicted octanol–water partition coefficient (Wildman–Crippen LogP) is 1.46. The first-order valence-electron chi connectivity index (χ1n) is 5.56. The highest BCUT2D eigenvalue weighted by atomic mass is 32.1. The Bertz CT molecular complexity index is 519. The average Bonchev–Trinajstić information content (AvgIpc) is 3.00. The zero-order valence-electron chi connectivity index (χ0n) is 9.17. The van der Waals surface area contributed by atoms with Crippen LogP contribution in [-0.2, 0) is 4.79 Å². The lowest BCUT2D eigenvalue weighted by Crippen LogP contribution is -2.37. The number of thiazole rings is 1. The molecule has 1 saturated heterocycles. The quantitative estimate of drug-likeness (QED) is 0.875. The van der Waals surface area contributed by atoms with Gasteiger partial charge in [0.2, 0.25) is 5.91 Å². The SMILES string of the molecule is O=C1NCCCC1n1ccnc1-c1nccs1. The van der Waals surface area contributed by atoms with Crippen LogP contribution in [-0.4, -0.2) is 27.0 Å². The van der Waals surface area contributed by atoms with Gasteiger partial charge >= 0.3 is 0 Å². The zero-order valence-corrected chi connectivity index (χ0v) is 9.98. The molecular formula is C11H12N4OS. The maximum atomic E-state index is 11.8. The van der Waals surface area contributed by atoms with Crippen LogP contribution in [0.25, 0.3) is 10.8 Å². The van der Waals surface area contributed by atoms with Gasteiger partial charge in [-0.3, -0.25) is 4.79 Å². The predicted molar refractivity (Wildman–Crippen MR) is 64.6 cm³/mol. The summed E-state index contributed by atoms with van der Waals surface area (Å²) >= 11 is 1.53. The van der Waals surface area contributed by atoms with Crippen molar-refractivity contribution < 1.29 is 4.79 Å². The highest BCUT2D eigenvalue weighted by Crippen LogP contribution is 2.26. The third-order valence-electron chi connectivity index (χ3n) is 2.88. The molecule has 1 N–H and O–H groups in total. The number of nitrogens with zero attached hydrogens (tertiary/aromatic N) is 3. The standard InChI is InChI=1S/C11H12N4OS/c16-10-8(2-1-3-13-10)15-6-4-12-9(15)11-14-5-7-17-11/h4-8H,1-3H2,(H,13,16). The largest absolute Gasteiger partial charge is 0.354 e. The Hall–Kier alpha value is -1.69. The summed E-state index contributed by atoms with van der Waals surface area (Å²) in [5, 5.41) is 5.66. The van der Waals surface area contributed by atoms with E-state index in [0.717, 1.165) is 30.2 Å². The molecule has 6 heteroatoms. The van der Waals surface area contributed by atoms with Gasteiger partial charge in [-0.25, -0.2) is 9.97 Å². The molecule has 5 nitrogen and oxygen atoms in total. The molecule has 0 aromatic carbocycles. The van der Waals surface area contributed by atoms with E-state index in [1.54, 1.807) is 12.4 Å². The summed E-state index contributed by atoms with van der Waals surface area (Å²) < 4.78 is 1.92. The first-order chi connectivity index (χ1) is 8.36. The lowest BCUT2D eigenvalue weighted by molar-refractivity contribution is -0.125. The van der Waals surface area contributed by atoms with E-state index >= 15 is 0 Å². The van der Waals surface area contributed by atoms with Crippen molar-refractivity contribution in [3.63, 3.8) is 0 Å². The fourth-order valence-corrected chi connectivity index (χ4v) is 2.72. The number of carbonyl (C=O) groups excluding carboxylic acids is 1. The fraction of sp³-hybridized carbons (Fsp3) is 0.364. The number of nitrogens with one attached hydrogen (secondary N) is 1. The van der Waals surface area contributed by atoms with E-state index in [-0.39, 0.29) is 11.9 Å². The minimum atomic E-state index is -0.148. The molecule has 1 fully saturated rings. The van der Waals surface area contributed by atoms with Crippen LogP contribution < -0.4 is 5.32 Å². The third kappa shape index (κ3) is 1.84. The van der Waals surface area contributed by atoms with Crippen molar-refractivity contribution >= 4 is 17.2 Å². The monoisotopic (exact) mass is 248 g/mol. The smallest absolute Gasteiger partial charge is 0.243 e. The normalized spacial score (nSPS) is 20.2. The highest BCUT2D eigenvalue weighted by molar-refractivity contribution is 7.13. The summed E-state index contributed by atoms with van der Waals surface area (Å²) in [4.78, 5) is 20.4. The number of imidazole rings is 1. The first kappa shape index (κ1) is 10.5. The Morgan fingerprint density at radius 3 is 3.12 bits per heavy atom. The minimum absolute atomic E-state index is 0.0760. The molecular weight excluding hydrogens is 236 g/mol. The number of piperidine rings is 1. The van der Waals surface area contributed by atoms with Crippen molar-refractivity contribution in [2.45, 2.75) is 18.9 Å². The maximum Gasteiger partial charge on any atom is 0.243 e. The molecule has 1 atom stereocenters. The summed E-state index contributed by atoms with van der Waals surface area (Å²) in [6, 6.07) is -0.148. The van der Waals surface area contributed by atoms with Crippen LogP contribution in [0.4, 0.5) is 0 Å². The van der Waals surface area contributed by atoms with E-state index in [0.29, 0.717) is 0 Å². The van der Waals surface area contributed by atoms with Gasteiger partial charge in [-0.2, -0.15) is 0 Å². The molecule has 88 valence electrons. The van der Waals surface area contributed by atoms with Crippen molar-refractivity contribution in [2.75, 3.05) is 6.54 Å². The number of carbonyl (C=O) groups is 1. The molecule has 2 aromatic heterocycles. The Morgan fingerprint density at radius 1 is 1.41 bits per heavy atom. The highest BCUT2D eigenvalue weighted by Gasteiger charge is 2.26. The van der Waals surface area contributed by atoms with Crippen molar-refractivity contribution in [2.24, 2.45) is 0 Å². The summed E-state index contributed by atoms with van der Waals surface area (Å²) in [5.41, 5.74) is 0. The summed E-state index contributed by atoms with van der Waals surface area (Å²) in [6.07, 6.45) is 7.19. The molecule has 1 aliphatic heterocycles. The van der Waals surface area contributed by atoms with Gasteiger partial charge in [0.25, 0.3) is 0 Å². The van der Waals surface area contributed by atoms with Crippen molar-refractivity contribution in [1.29, 1.82) is 0 Å². The molecule has 3 rings (SSSR count). The maximum absolute atomic E-state index is 11.8. The van der Waals surface area contributed by atoms with E-state index in [2.05, 4.69) is 15.3 Å². The molecule has 1 amide bonds. The van der Waals surface area contributed by atoms with E-state index in [9.17, 15) is 4.79 Å². The average molecular weight is 248 g/mol. The molecule has 1 aliphatic rings. The van der Waals surface area contributed by atoms with E-state index in [4.69, 9.17) is 0 Å². The van der Waals surface area contributed by atoms with Crippen LogP contribution in [0.3, 0.4) is 0 Å². The molecule has 0 spiro atoms. The Kier molecular flexibility index (Phi) is 2.64. The van der Waals surface area contributed by atoms with Gasteiger partial charge in [-0.1, -0.05) is 0 Å². The van der Waals surface area contributed by atoms with Gasteiger partial charge < -0.3 is 9.88 Å². The minimum Gasteiger partial charge on any atom is -0.354 e. The first-order valence-corrected chi connectivity index (χ1v) is 6.44. The van der Waals surface area contributed by atoms with Crippen LogP contribution in [0, 0.1) is 0 Å². The lowest BCUT2D eigenvalue weighted by atomic mass is 10.1. The van der Waals surface area contributed by atoms with Gasteiger partial charge in [0.15, 0.2) is 10.8 Å². The van der Waals surface area contributed by atoms with Crippen LogP contribution in [0.2, 0.25) is 0 Å². The van der Waals surface area contributed by atoms with Gasteiger partial charge in [-0.05, 0) is 12.8 Å². The second-order valence-electron chi connectivity index (χ2n) is 3.94. The number of amides is 1. The summed E-state index contributed by atoms with van der Waals surface area (Å²) in [6.45, 7) is 0.774. The summed E-state index contributed by atoms with van der Waals surface area (Å²) in [7, 11) is 0. The Balaban J connectivity index is 1.98. The van der Waals surface area contributed by atoms with Crippen molar-refractivity contribution in [3.8, 4) is 10.8 Å². The van der Waals surface area contributed by atoms with Gasteiger partial charge in [-0.15, -0.1) is 11.3 Å². The topological polar surface area (TPSA) is 59.8 Å². The number of hydrogen-bond acceptors (Lipinski definition) is 4. The molecule has 2 aromatic rings. The molecule has 3 heterocycles. The fourth-order valence-electron chi connectivity index (χ4n) is 2.09. The van der Waals surface area contributed by atoms with Crippen molar-refractivity contribution in [3.05, 3.63) is 24.0 Å². The van der Waals surface area contributed by atoms with Crippen LogP contribution in [0.15, 0.2) is 24.0 Å². The summed E-state index contributed by atoms with van der Waals surface area (Å²) in [5.74, 6) is 0.856. The molecule has 0 aliphatic carbocycles. The van der Waals surface area contributed by atoms with E-state index in [1.165, 1.54) is 11.3 Å². The number of hydrogen-bond donors (Lipinski definition) is 1. The zero-order chi connectivity index (χ0) is 11.7. The number of rotatable bonds is 2. The van der Waals surface area contributed by atoms with Crippen molar-refractivity contribution in [1.82, 2.24) is 19.9 Å². The molecule has 0 saturated carbocycles. The second kappa shape index (κ2) is 4.29. The second-order valence-corrected chi connectivity index (χ2v) is 4.84. The van der Waals surface area contributed by atoms with Gasteiger partial charge in [0.1, 0.15) is 6.04 Å². The Morgan fingerprint density at radius 2 is 2.35 bits per heavy atom. The molecule has 17 heavy (non-hydrogen) atoms. The Labute approximate surface area is 103 Å². The van der Waals surface area contributed by atoms with Gasteiger partial charge in [0, 0.05) is 30.5 Å². The molecule has 1 unspecified atom stereocenters. The lowest BCUT2D eigenvalue weighted by Gasteiger charge is -2.23. The third-order valence-corrected chi connectivity index (χ3v) is 3.65. The number of aromatic nitrogens is 3. The van der Waals surface area contributed by atoms with E-state index < -0.39 is 0 Å². The molecule has 0 radical (unpaired) electrons. The van der Waals surface area contributed by atoms with Gasteiger partial charge in [0.05, 0.1) is 0 Å². The van der Waals surface area contributed by atoms with Crippen LogP contribution in [0.1, 0.15) is 18.9 Å². The molecule has 0 bridgehead atoms. The van der Waals surface area contributed by atoms with Crippen LogP contribution in [0.5, 0.6) is 0 Å².